The molecule has 0 aliphatic carbocycles. The first-order valence-electron chi connectivity index (χ1n) is 6.24. The number of oxazole rings is 1. The quantitative estimate of drug-likeness (QED) is 0.738. The molecule has 2 aromatic rings. The summed E-state index contributed by atoms with van der Waals surface area (Å²) in [6.45, 7) is 7.83. The molecule has 1 aromatic heterocycles. The first-order chi connectivity index (χ1) is 9.09. The minimum Gasteiger partial charge on any atom is -0.441 e. The van der Waals surface area contributed by atoms with Crippen molar-refractivity contribution in [1.29, 1.82) is 0 Å². The van der Waals surface area contributed by atoms with E-state index in [0.717, 1.165) is 17.8 Å². The first-order valence-corrected chi connectivity index (χ1v) is 6.24. The van der Waals surface area contributed by atoms with Crippen LogP contribution in [0.25, 0.3) is 11.5 Å². The van der Waals surface area contributed by atoms with Gasteiger partial charge in [-0.15, -0.1) is 0 Å². The Balaban J connectivity index is 2.38. The minimum atomic E-state index is -4.33. The Bertz CT molecular complexity index is 604. The maximum atomic E-state index is 12.5. The summed E-state index contributed by atoms with van der Waals surface area (Å²) in [5, 5.41) is 0. The van der Waals surface area contributed by atoms with Crippen LogP contribution in [0.1, 0.15) is 37.8 Å². The van der Waals surface area contributed by atoms with Gasteiger partial charge in [0.1, 0.15) is 5.76 Å². The third-order valence-electron chi connectivity index (χ3n) is 2.97. The lowest BCUT2D eigenvalue weighted by atomic mass is 9.91. The predicted molar refractivity (Wildman–Crippen MR) is 70.4 cm³/mol. The SMILES string of the molecule is Cc1oc(-c2ccc(C(F)(F)F)cc2)nc1C(C)(C)C. The molecule has 5 heteroatoms. The van der Waals surface area contributed by atoms with E-state index in [2.05, 4.69) is 4.98 Å². The van der Waals surface area contributed by atoms with E-state index < -0.39 is 11.7 Å². The van der Waals surface area contributed by atoms with E-state index >= 15 is 0 Å². The van der Waals surface area contributed by atoms with Gasteiger partial charge in [0.2, 0.25) is 5.89 Å². The molecule has 108 valence electrons. The summed E-state index contributed by atoms with van der Waals surface area (Å²) in [7, 11) is 0. The maximum Gasteiger partial charge on any atom is 0.416 e. The highest BCUT2D eigenvalue weighted by Gasteiger charge is 2.30. The highest BCUT2D eigenvalue weighted by molar-refractivity contribution is 5.54. The molecule has 20 heavy (non-hydrogen) atoms. The van der Waals surface area contributed by atoms with Crippen LogP contribution in [0.3, 0.4) is 0 Å². The van der Waals surface area contributed by atoms with E-state index in [0.29, 0.717) is 17.2 Å². The average molecular weight is 283 g/mol. The molecule has 0 fully saturated rings. The highest BCUT2D eigenvalue weighted by Crippen LogP contribution is 2.32. The van der Waals surface area contributed by atoms with Crippen molar-refractivity contribution in [2.45, 2.75) is 39.3 Å². The van der Waals surface area contributed by atoms with Gasteiger partial charge in [0.05, 0.1) is 11.3 Å². The van der Waals surface area contributed by atoms with Crippen LogP contribution in [-0.2, 0) is 11.6 Å². The van der Waals surface area contributed by atoms with Crippen molar-refractivity contribution in [1.82, 2.24) is 4.98 Å². The third-order valence-corrected chi connectivity index (χ3v) is 2.97. The van der Waals surface area contributed by atoms with Gasteiger partial charge < -0.3 is 4.42 Å². The van der Waals surface area contributed by atoms with Crippen LogP contribution >= 0.6 is 0 Å². The lowest BCUT2D eigenvalue weighted by Gasteiger charge is -2.14. The zero-order valence-corrected chi connectivity index (χ0v) is 11.8. The summed E-state index contributed by atoms with van der Waals surface area (Å²) >= 11 is 0. The van der Waals surface area contributed by atoms with Crippen molar-refractivity contribution in [3.8, 4) is 11.5 Å². The molecule has 0 aliphatic rings. The predicted octanol–water partition coefficient (Wildman–Crippen LogP) is 4.97. The molecule has 0 saturated heterocycles. The van der Waals surface area contributed by atoms with Crippen LogP contribution in [0.2, 0.25) is 0 Å². The Hall–Kier alpha value is -1.78. The number of alkyl halides is 3. The fraction of sp³-hybridized carbons (Fsp3) is 0.400. The number of aromatic nitrogens is 1. The molecule has 0 aliphatic heterocycles. The summed E-state index contributed by atoms with van der Waals surface area (Å²) in [5.41, 5.74) is 0.502. The van der Waals surface area contributed by atoms with E-state index in [1.54, 1.807) is 6.92 Å². The lowest BCUT2D eigenvalue weighted by Crippen LogP contribution is -2.13. The van der Waals surface area contributed by atoms with Crippen LogP contribution < -0.4 is 0 Å². The Morgan fingerprint density at radius 3 is 1.95 bits per heavy atom. The molecule has 0 atom stereocenters. The Morgan fingerprint density at radius 2 is 1.55 bits per heavy atom. The second kappa shape index (κ2) is 4.65. The summed E-state index contributed by atoms with van der Waals surface area (Å²) in [4.78, 5) is 4.40. The van der Waals surface area contributed by atoms with Crippen molar-refractivity contribution in [2.75, 3.05) is 0 Å². The smallest absolute Gasteiger partial charge is 0.416 e. The van der Waals surface area contributed by atoms with Gasteiger partial charge in [0, 0.05) is 11.0 Å². The van der Waals surface area contributed by atoms with Crippen LogP contribution in [0.4, 0.5) is 13.2 Å². The Morgan fingerprint density at radius 1 is 1.00 bits per heavy atom. The first kappa shape index (κ1) is 14.6. The van der Waals surface area contributed by atoms with Crippen molar-refractivity contribution < 1.29 is 17.6 Å². The zero-order valence-electron chi connectivity index (χ0n) is 11.8. The van der Waals surface area contributed by atoms with Crippen molar-refractivity contribution in [3.63, 3.8) is 0 Å². The molecule has 2 nitrogen and oxygen atoms in total. The zero-order chi connectivity index (χ0) is 15.1. The van der Waals surface area contributed by atoms with Crippen LogP contribution in [-0.4, -0.2) is 4.98 Å². The fourth-order valence-corrected chi connectivity index (χ4v) is 2.02. The summed E-state index contributed by atoms with van der Waals surface area (Å²) in [5.74, 6) is 1.04. The van der Waals surface area contributed by atoms with Gasteiger partial charge in [0.15, 0.2) is 0 Å². The number of hydrogen-bond donors (Lipinski definition) is 0. The van der Waals surface area contributed by atoms with Gasteiger partial charge in [-0.05, 0) is 31.2 Å². The second-order valence-corrected chi connectivity index (χ2v) is 5.75. The maximum absolute atomic E-state index is 12.5. The van der Waals surface area contributed by atoms with E-state index in [1.807, 2.05) is 20.8 Å². The molecule has 2 rings (SSSR count). The van der Waals surface area contributed by atoms with Gasteiger partial charge in [-0.1, -0.05) is 20.8 Å². The van der Waals surface area contributed by atoms with Gasteiger partial charge in [-0.2, -0.15) is 13.2 Å². The van der Waals surface area contributed by atoms with E-state index in [1.165, 1.54) is 12.1 Å². The molecular weight excluding hydrogens is 267 g/mol. The highest BCUT2D eigenvalue weighted by atomic mass is 19.4. The summed E-state index contributed by atoms with van der Waals surface area (Å²) < 4.78 is 43.1. The topological polar surface area (TPSA) is 26.0 Å². The van der Waals surface area contributed by atoms with E-state index in [4.69, 9.17) is 4.42 Å². The van der Waals surface area contributed by atoms with Crippen molar-refractivity contribution in [3.05, 3.63) is 41.3 Å². The standard InChI is InChI=1S/C15H16F3NO/c1-9-12(14(2,3)4)19-13(20-9)10-5-7-11(8-6-10)15(16,17)18/h5-8H,1-4H3. The van der Waals surface area contributed by atoms with Gasteiger partial charge >= 0.3 is 6.18 Å². The molecule has 1 heterocycles. The summed E-state index contributed by atoms with van der Waals surface area (Å²) in [6, 6.07) is 4.82. The van der Waals surface area contributed by atoms with Crippen molar-refractivity contribution in [2.24, 2.45) is 0 Å². The number of hydrogen-bond acceptors (Lipinski definition) is 2. The summed E-state index contributed by atoms with van der Waals surface area (Å²) in [6.07, 6.45) is -4.33. The lowest BCUT2D eigenvalue weighted by molar-refractivity contribution is -0.137. The van der Waals surface area contributed by atoms with Gasteiger partial charge in [-0.3, -0.25) is 0 Å². The normalized spacial score (nSPS) is 12.8. The van der Waals surface area contributed by atoms with E-state index in [-0.39, 0.29) is 5.41 Å². The molecule has 0 saturated carbocycles. The van der Waals surface area contributed by atoms with Crippen LogP contribution in [0, 0.1) is 6.92 Å². The molecule has 0 radical (unpaired) electrons. The molecule has 0 amide bonds. The molecule has 0 unspecified atom stereocenters. The molecule has 0 bridgehead atoms. The fourth-order valence-electron chi connectivity index (χ4n) is 2.02. The second-order valence-electron chi connectivity index (χ2n) is 5.75. The van der Waals surface area contributed by atoms with Crippen LogP contribution in [0.15, 0.2) is 28.7 Å². The third kappa shape index (κ3) is 2.86. The Labute approximate surface area is 115 Å². The largest absolute Gasteiger partial charge is 0.441 e. The van der Waals surface area contributed by atoms with Crippen LogP contribution in [0.5, 0.6) is 0 Å². The molecule has 0 N–H and O–H groups in total. The van der Waals surface area contributed by atoms with Gasteiger partial charge in [-0.25, -0.2) is 4.98 Å². The average Bonchev–Trinajstić information content (AvgIpc) is 2.70. The number of aryl methyl sites for hydroxylation is 1. The number of rotatable bonds is 1. The minimum absolute atomic E-state index is 0.169. The Kier molecular flexibility index (Phi) is 3.40. The monoisotopic (exact) mass is 283 g/mol. The molecular formula is C15H16F3NO. The van der Waals surface area contributed by atoms with Gasteiger partial charge in [0.25, 0.3) is 0 Å². The number of benzene rings is 1. The molecule has 1 aromatic carbocycles. The van der Waals surface area contributed by atoms with E-state index in [9.17, 15) is 13.2 Å². The number of nitrogens with zero attached hydrogens (tertiary/aromatic N) is 1. The number of halogens is 3. The molecule has 0 spiro atoms. The van der Waals surface area contributed by atoms with Crippen molar-refractivity contribution >= 4 is 0 Å².